The first-order valence-electron chi connectivity index (χ1n) is 12.1. The molecule has 0 bridgehead atoms. The highest BCUT2D eigenvalue weighted by Crippen LogP contribution is 2.35. The number of aromatic amines is 1. The van der Waals surface area contributed by atoms with Gasteiger partial charge >= 0.3 is 0 Å². The number of aliphatic hydroxyl groups is 1. The Morgan fingerprint density at radius 3 is 2.75 bits per heavy atom. The van der Waals surface area contributed by atoms with E-state index in [0.29, 0.717) is 40.8 Å². The lowest BCUT2D eigenvalue weighted by atomic mass is 9.75. The van der Waals surface area contributed by atoms with Crippen molar-refractivity contribution in [3.05, 3.63) is 56.7 Å². The number of carbonyl (C=O) groups excluding carboxylic acids is 1. The van der Waals surface area contributed by atoms with Crippen molar-refractivity contribution in [1.82, 2.24) is 15.3 Å². The van der Waals surface area contributed by atoms with Crippen molar-refractivity contribution in [3.63, 3.8) is 0 Å². The van der Waals surface area contributed by atoms with Crippen molar-refractivity contribution < 1.29 is 23.8 Å². The average molecular weight is 518 g/mol. The van der Waals surface area contributed by atoms with E-state index in [-0.39, 0.29) is 23.7 Å². The van der Waals surface area contributed by atoms with Gasteiger partial charge in [-0.25, -0.2) is 9.37 Å². The molecular weight excluding hydrogens is 485 g/mol. The highest BCUT2D eigenvalue weighted by Gasteiger charge is 2.31. The fraction of sp³-hybridized carbons (Fsp3) is 0.500. The zero-order chi connectivity index (χ0) is 25.9. The van der Waals surface area contributed by atoms with Gasteiger partial charge in [0, 0.05) is 18.7 Å². The molecule has 1 amide bonds. The Labute approximate surface area is 212 Å². The van der Waals surface area contributed by atoms with Crippen LogP contribution in [0.5, 0.6) is 5.75 Å². The lowest BCUT2D eigenvalue weighted by Gasteiger charge is -2.35. The Morgan fingerprint density at radius 1 is 1.31 bits per heavy atom. The maximum absolute atomic E-state index is 13.6. The molecule has 1 fully saturated rings. The van der Waals surface area contributed by atoms with Crippen molar-refractivity contribution in [1.29, 1.82) is 0 Å². The number of H-pyrrole nitrogens is 1. The lowest BCUT2D eigenvalue weighted by molar-refractivity contribution is -0.0161. The Balaban J connectivity index is 1.34. The van der Waals surface area contributed by atoms with Crippen LogP contribution in [-0.4, -0.2) is 40.3 Å². The molecule has 1 aliphatic rings. The molecule has 4 rings (SSSR count). The summed E-state index contributed by atoms with van der Waals surface area (Å²) in [6.07, 6.45) is 4.01. The number of nitrogens with one attached hydrogen (secondary N) is 2. The van der Waals surface area contributed by atoms with Crippen molar-refractivity contribution in [2.45, 2.75) is 58.3 Å². The summed E-state index contributed by atoms with van der Waals surface area (Å²) in [5.41, 5.74) is 0.368. The van der Waals surface area contributed by atoms with E-state index in [2.05, 4.69) is 15.3 Å². The third-order valence-electron chi connectivity index (χ3n) is 6.86. The summed E-state index contributed by atoms with van der Waals surface area (Å²) in [6, 6.07) is 4.31. The normalized spacial score (nSPS) is 18.4. The summed E-state index contributed by atoms with van der Waals surface area (Å²) in [7, 11) is 1.37. The van der Waals surface area contributed by atoms with Gasteiger partial charge in [0.1, 0.15) is 4.83 Å². The van der Waals surface area contributed by atoms with E-state index >= 15 is 0 Å². The molecule has 0 saturated heterocycles. The minimum absolute atomic E-state index is 0.0838. The average Bonchev–Trinajstić information content (AvgIpc) is 3.26. The maximum atomic E-state index is 13.6. The Bertz CT molecular complexity index is 1270. The smallest absolute Gasteiger partial charge is 0.287 e. The number of ether oxygens (including phenoxy) is 2. The van der Waals surface area contributed by atoms with Crippen LogP contribution in [0, 0.1) is 17.7 Å². The number of methoxy groups -OCH3 is 1. The van der Waals surface area contributed by atoms with Crippen LogP contribution in [0.1, 0.15) is 61.3 Å². The summed E-state index contributed by atoms with van der Waals surface area (Å²) >= 11 is 1.29. The molecule has 1 saturated carbocycles. The number of halogens is 1. The van der Waals surface area contributed by atoms with Crippen LogP contribution in [0.3, 0.4) is 0 Å². The number of amides is 1. The molecule has 2 aromatic heterocycles. The predicted molar refractivity (Wildman–Crippen MR) is 136 cm³/mol. The number of hydrogen-bond donors (Lipinski definition) is 3. The molecule has 3 N–H and O–H groups in total. The van der Waals surface area contributed by atoms with E-state index in [4.69, 9.17) is 9.47 Å². The van der Waals surface area contributed by atoms with Gasteiger partial charge in [-0.05, 0) is 74.4 Å². The van der Waals surface area contributed by atoms with E-state index in [1.54, 1.807) is 6.07 Å². The molecule has 0 atom stereocenters. The van der Waals surface area contributed by atoms with E-state index in [1.807, 2.05) is 19.2 Å². The number of hydrogen-bond acceptors (Lipinski definition) is 7. The van der Waals surface area contributed by atoms with Gasteiger partial charge in [0.25, 0.3) is 11.5 Å². The standard InChI is InChI=1S/C26H32FN3O5S/c1-26(2,33)18-7-4-15(5-8-18)12-35-13-17-14-36-25-21(17)23(31)29-22(30-25)24(32)28-11-16-6-9-19(27)20(10-16)34-3/h6,9-10,14-15,18,33H,4-5,7-8,11-13H2,1-3H3,(H,28,32)(H,29,30,31). The van der Waals surface area contributed by atoms with Gasteiger partial charge in [-0.2, -0.15) is 0 Å². The molecule has 0 unspecified atom stereocenters. The maximum Gasteiger partial charge on any atom is 0.287 e. The van der Waals surface area contributed by atoms with Crippen molar-refractivity contribution >= 4 is 27.5 Å². The van der Waals surface area contributed by atoms with E-state index in [0.717, 1.165) is 31.2 Å². The Hall–Kier alpha value is -2.82. The molecule has 0 spiro atoms. The molecule has 2 heterocycles. The molecule has 8 nitrogen and oxygen atoms in total. The van der Waals surface area contributed by atoms with Crippen LogP contribution in [0.4, 0.5) is 4.39 Å². The predicted octanol–water partition coefficient (Wildman–Crippen LogP) is 4.16. The molecule has 0 radical (unpaired) electrons. The number of fused-ring (bicyclic) bond motifs is 1. The van der Waals surface area contributed by atoms with Crippen molar-refractivity contribution in [2.75, 3.05) is 13.7 Å². The monoisotopic (exact) mass is 517 g/mol. The highest BCUT2D eigenvalue weighted by molar-refractivity contribution is 7.16. The van der Waals surface area contributed by atoms with E-state index in [1.165, 1.54) is 30.6 Å². The summed E-state index contributed by atoms with van der Waals surface area (Å²) in [6.45, 7) is 4.78. The molecule has 3 aromatic rings. The van der Waals surface area contributed by atoms with Gasteiger partial charge in [0.2, 0.25) is 5.82 Å². The number of benzene rings is 1. The summed E-state index contributed by atoms with van der Waals surface area (Å²) < 4.78 is 24.5. The van der Waals surface area contributed by atoms with E-state index < -0.39 is 17.3 Å². The first-order chi connectivity index (χ1) is 17.2. The van der Waals surface area contributed by atoms with Crippen LogP contribution in [0.25, 0.3) is 10.2 Å². The molecule has 36 heavy (non-hydrogen) atoms. The molecule has 0 aliphatic heterocycles. The number of thiophene rings is 1. The van der Waals surface area contributed by atoms with Gasteiger partial charge < -0.3 is 24.9 Å². The van der Waals surface area contributed by atoms with E-state index in [9.17, 15) is 19.1 Å². The second-order valence-corrected chi connectivity index (χ2v) is 10.8. The number of aromatic nitrogens is 2. The van der Waals surface area contributed by atoms with Gasteiger partial charge in [-0.1, -0.05) is 6.07 Å². The summed E-state index contributed by atoms with van der Waals surface area (Å²) in [5.74, 6) is -0.251. The van der Waals surface area contributed by atoms with Crippen LogP contribution in [0.2, 0.25) is 0 Å². The van der Waals surface area contributed by atoms with Crippen LogP contribution in [0.15, 0.2) is 28.4 Å². The number of carbonyl (C=O) groups is 1. The van der Waals surface area contributed by atoms with Crippen LogP contribution < -0.4 is 15.6 Å². The van der Waals surface area contributed by atoms with Gasteiger partial charge in [0.05, 0.1) is 24.7 Å². The molecule has 1 aliphatic carbocycles. The van der Waals surface area contributed by atoms with Crippen LogP contribution >= 0.6 is 11.3 Å². The second kappa shape index (κ2) is 11.1. The summed E-state index contributed by atoms with van der Waals surface area (Å²) in [4.78, 5) is 32.7. The first-order valence-corrected chi connectivity index (χ1v) is 12.9. The molecule has 1 aromatic carbocycles. The Kier molecular flexibility index (Phi) is 8.07. The van der Waals surface area contributed by atoms with Crippen LogP contribution in [-0.2, 0) is 17.9 Å². The zero-order valence-electron chi connectivity index (χ0n) is 20.7. The van der Waals surface area contributed by atoms with Gasteiger partial charge in [-0.3, -0.25) is 9.59 Å². The van der Waals surface area contributed by atoms with Gasteiger partial charge in [0.15, 0.2) is 11.6 Å². The fourth-order valence-electron chi connectivity index (χ4n) is 4.67. The molecule has 194 valence electrons. The SMILES string of the molecule is COc1cc(CNC(=O)c2nc3scc(COCC4CCC(C(C)(C)O)CC4)c3c(=O)[nH]2)ccc1F. The molecule has 10 heteroatoms. The van der Waals surface area contributed by atoms with Crippen molar-refractivity contribution in [2.24, 2.45) is 11.8 Å². The number of nitrogens with zero attached hydrogens (tertiary/aromatic N) is 1. The second-order valence-electron chi connectivity index (χ2n) is 9.89. The highest BCUT2D eigenvalue weighted by atomic mass is 32.1. The minimum Gasteiger partial charge on any atom is -0.494 e. The third-order valence-corrected chi connectivity index (χ3v) is 7.78. The summed E-state index contributed by atoms with van der Waals surface area (Å²) in [5, 5.41) is 15.2. The Morgan fingerprint density at radius 2 is 2.06 bits per heavy atom. The zero-order valence-corrected chi connectivity index (χ0v) is 21.5. The quantitative estimate of drug-likeness (QED) is 0.393. The fourth-order valence-corrected chi connectivity index (χ4v) is 5.60. The first kappa shape index (κ1) is 26.2. The minimum atomic E-state index is -0.639. The van der Waals surface area contributed by atoms with Gasteiger partial charge in [-0.15, -0.1) is 11.3 Å². The van der Waals surface area contributed by atoms with Crippen molar-refractivity contribution in [3.8, 4) is 5.75 Å². The molecular formula is C26H32FN3O5S. The largest absolute Gasteiger partial charge is 0.494 e. The lowest BCUT2D eigenvalue weighted by Crippen LogP contribution is -2.34. The topological polar surface area (TPSA) is 114 Å². The number of rotatable bonds is 9. The third kappa shape index (κ3) is 6.11.